The number of anilines is 1. The summed E-state index contributed by atoms with van der Waals surface area (Å²) in [7, 11) is 1.64. The number of carbonyl (C=O) groups is 1. The van der Waals surface area contributed by atoms with Crippen molar-refractivity contribution in [1.29, 1.82) is 0 Å². The van der Waals surface area contributed by atoms with Gasteiger partial charge in [-0.3, -0.25) is 4.79 Å². The molecule has 1 saturated carbocycles. The second-order valence-electron chi connectivity index (χ2n) is 8.16. The third-order valence-corrected chi connectivity index (χ3v) is 5.76. The van der Waals surface area contributed by atoms with E-state index in [2.05, 4.69) is 25.4 Å². The van der Waals surface area contributed by atoms with Gasteiger partial charge in [0.15, 0.2) is 5.76 Å². The van der Waals surface area contributed by atoms with Crippen LogP contribution in [-0.4, -0.2) is 66.9 Å². The zero-order valence-electron chi connectivity index (χ0n) is 16.9. The first kappa shape index (κ1) is 19.6. The number of aliphatic hydroxyl groups is 2. The Hall–Kier alpha value is -3.37. The van der Waals surface area contributed by atoms with Crippen LogP contribution in [-0.2, 0) is 10.4 Å². The highest BCUT2D eigenvalue weighted by Crippen LogP contribution is 2.35. The number of hydrogen-bond donors (Lipinski definition) is 3. The summed E-state index contributed by atoms with van der Waals surface area (Å²) in [6.07, 6.45) is 3.43. The van der Waals surface area contributed by atoms with Crippen molar-refractivity contribution in [3.8, 4) is 22.8 Å². The maximum absolute atomic E-state index is 12.3. The molecular weight excluding hydrogens is 400 g/mol. The summed E-state index contributed by atoms with van der Waals surface area (Å²) in [5.41, 5.74) is -0.200. The van der Waals surface area contributed by atoms with Crippen LogP contribution in [0.1, 0.15) is 25.0 Å². The molecule has 1 aliphatic heterocycles. The van der Waals surface area contributed by atoms with E-state index < -0.39 is 17.1 Å². The topological polar surface area (TPSA) is 138 Å². The molecule has 5 rings (SSSR count). The van der Waals surface area contributed by atoms with Gasteiger partial charge in [-0.2, -0.15) is 0 Å². The van der Waals surface area contributed by atoms with E-state index in [4.69, 9.17) is 4.52 Å². The van der Waals surface area contributed by atoms with Gasteiger partial charge in [0.1, 0.15) is 5.69 Å². The van der Waals surface area contributed by atoms with E-state index in [1.807, 2.05) is 12.1 Å². The monoisotopic (exact) mass is 422 g/mol. The number of likely N-dealkylation sites (N-methyl/N-ethyl adjacent to an activating group) is 1. The number of rotatable bonds is 6. The fourth-order valence-electron chi connectivity index (χ4n) is 3.54. The highest BCUT2D eigenvalue weighted by Gasteiger charge is 2.48. The number of pyridine rings is 1. The van der Waals surface area contributed by atoms with Gasteiger partial charge in [-0.1, -0.05) is 11.2 Å². The number of nitrogens with zero attached hydrogens (tertiary/aromatic N) is 5. The predicted molar refractivity (Wildman–Crippen MR) is 110 cm³/mol. The van der Waals surface area contributed by atoms with Crippen LogP contribution < -0.4 is 5.32 Å². The summed E-state index contributed by atoms with van der Waals surface area (Å²) in [4.78, 5) is 27.0. The maximum Gasteiger partial charge on any atom is 0.262 e. The molecule has 0 bridgehead atoms. The summed E-state index contributed by atoms with van der Waals surface area (Å²) in [6, 6.07) is 8.69. The minimum atomic E-state index is -1.70. The molecule has 0 spiro atoms. The lowest BCUT2D eigenvalue weighted by molar-refractivity contribution is -0.144. The van der Waals surface area contributed by atoms with Crippen molar-refractivity contribution in [2.24, 2.45) is 0 Å². The molecule has 160 valence electrons. The Morgan fingerprint density at radius 1 is 1.10 bits per heavy atom. The number of carbonyl (C=O) groups excluding carboxylic acids is 1. The Bertz CT molecular complexity index is 1140. The maximum atomic E-state index is 12.3. The van der Waals surface area contributed by atoms with Crippen molar-refractivity contribution >= 4 is 11.9 Å². The fourth-order valence-corrected chi connectivity index (χ4v) is 3.54. The zero-order chi connectivity index (χ0) is 21.6. The molecule has 31 heavy (non-hydrogen) atoms. The molecule has 2 fully saturated rings. The van der Waals surface area contributed by atoms with Gasteiger partial charge in [0.25, 0.3) is 5.91 Å². The highest BCUT2D eigenvalue weighted by atomic mass is 16.5. The van der Waals surface area contributed by atoms with E-state index in [0.29, 0.717) is 41.8 Å². The summed E-state index contributed by atoms with van der Waals surface area (Å²) in [5.74, 6) is 0.115. The van der Waals surface area contributed by atoms with Crippen molar-refractivity contribution in [3.05, 3.63) is 42.3 Å². The Morgan fingerprint density at radius 3 is 2.55 bits per heavy atom. The van der Waals surface area contributed by atoms with E-state index >= 15 is 0 Å². The quantitative estimate of drug-likeness (QED) is 0.534. The minimum absolute atomic E-state index is 0.107. The van der Waals surface area contributed by atoms with Crippen LogP contribution in [0.4, 0.5) is 5.95 Å². The minimum Gasteiger partial charge on any atom is -0.388 e. The molecule has 0 aromatic carbocycles. The van der Waals surface area contributed by atoms with Gasteiger partial charge in [-0.05, 0) is 31.0 Å². The molecule has 1 atom stereocenters. The van der Waals surface area contributed by atoms with Gasteiger partial charge in [-0.15, -0.1) is 0 Å². The van der Waals surface area contributed by atoms with Gasteiger partial charge < -0.3 is 25.0 Å². The van der Waals surface area contributed by atoms with E-state index in [-0.39, 0.29) is 12.2 Å². The van der Waals surface area contributed by atoms with Crippen LogP contribution in [0.3, 0.4) is 0 Å². The Labute approximate surface area is 178 Å². The van der Waals surface area contributed by atoms with E-state index in [0.717, 1.165) is 12.8 Å². The summed E-state index contributed by atoms with van der Waals surface area (Å²) in [6.45, 7) is 0.850. The lowest BCUT2D eigenvalue weighted by Gasteiger charge is -2.16. The molecule has 0 radical (unpaired) electrons. The second-order valence-corrected chi connectivity index (χ2v) is 8.16. The summed E-state index contributed by atoms with van der Waals surface area (Å²) >= 11 is 0. The molecule has 4 heterocycles. The lowest BCUT2D eigenvalue weighted by Crippen LogP contribution is -2.35. The first-order valence-electron chi connectivity index (χ1n) is 10.1. The molecule has 1 aliphatic carbocycles. The van der Waals surface area contributed by atoms with Crippen LogP contribution in [0.25, 0.3) is 22.8 Å². The van der Waals surface area contributed by atoms with Crippen LogP contribution >= 0.6 is 0 Å². The van der Waals surface area contributed by atoms with E-state index in [1.54, 1.807) is 31.4 Å². The molecule has 3 aromatic heterocycles. The van der Waals surface area contributed by atoms with Crippen molar-refractivity contribution in [2.75, 3.05) is 25.5 Å². The Morgan fingerprint density at radius 2 is 1.84 bits per heavy atom. The van der Waals surface area contributed by atoms with E-state index in [1.165, 1.54) is 4.90 Å². The number of amides is 1. The Balaban J connectivity index is 1.39. The highest BCUT2D eigenvalue weighted by molar-refractivity contribution is 5.87. The van der Waals surface area contributed by atoms with Crippen molar-refractivity contribution in [3.63, 3.8) is 0 Å². The van der Waals surface area contributed by atoms with E-state index in [9.17, 15) is 15.0 Å². The molecule has 1 unspecified atom stereocenters. The first-order valence-corrected chi connectivity index (χ1v) is 10.1. The summed E-state index contributed by atoms with van der Waals surface area (Å²) in [5, 5.41) is 27.8. The van der Waals surface area contributed by atoms with Crippen LogP contribution in [0.15, 0.2) is 41.1 Å². The average molecular weight is 422 g/mol. The zero-order valence-corrected chi connectivity index (χ0v) is 16.9. The Kier molecular flexibility index (Phi) is 4.49. The lowest BCUT2D eigenvalue weighted by atomic mass is 9.98. The van der Waals surface area contributed by atoms with Crippen LogP contribution in [0.5, 0.6) is 0 Å². The molecule has 10 heteroatoms. The molecule has 3 N–H and O–H groups in total. The smallest absolute Gasteiger partial charge is 0.262 e. The van der Waals surface area contributed by atoms with Crippen LogP contribution in [0.2, 0.25) is 0 Å². The van der Waals surface area contributed by atoms with Gasteiger partial charge in [-0.25, -0.2) is 15.0 Å². The molecule has 2 aliphatic rings. The van der Waals surface area contributed by atoms with Crippen molar-refractivity contribution < 1.29 is 19.5 Å². The largest absolute Gasteiger partial charge is 0.388 e. The van der Waals surface area contributed by atoms with Crippen molar-refractivity contribution in [1.82, 2.24) is 25.0 Å². The molecule has 1 amide bonds. The first-order chi connectivity index (χ1) is 14.9. The third-order valence-electron chi connectivity index (χ3n) is 5.76. The number of hydrogen-bond acceptors (Lipinski definition) is 9. The number of nitrogens with one attached hydrogen (secondary N) is 1. The number of likely N-dealkylation sites (tertiary alicyclic amines) is 1. The van der Waals surface area contributed by atoms with Crippen molar-refractivity contribution in [2.45, 2.75) is 30.5 Å². The van der Waals surface area contributed by atoms with Gasteiger partial charge in [0, 0.05) is 38.8 Å². The second kappa shape index (κ2) is 7.10. The third kappa shape index (κ3) is 3.64. The number of aromatic nitrogens is 4. The molecule has 10 nitrogen and oxygen atoms in total. The predicted octanol–water partition coefficient (Wildman–Crippen LogP) is 1.18. The van der Waals surface area contributed by atoms with Crippen LogP contribution in [0, 0.1) is 0 Å². The summed E-state index contributed by atoms with van der Waals surface area (Å²) < 4.78 is 5.31. The van der Waals surface area contributed by atoms with Gasteiger partial charge in [0.05, 0.1) is 22.7 Å². The normalized spacial score (nSPS) is 22.0. The molecule has 1 saturated heterocycles. The van der Waals surface area contributed by atoms with Gasteiger partial charge >= 0.3 is 0 Å². The molecular formula is C21H22N6O4. The fraction of sp³-hybridized carbons (Fsp3) is 0.381. The SMILES string of the molecule is CN1CCC(O)(c2cc(-c3cccc(-c4ccnc(NCC5(O)CC5)n4)n3)no2)C1=O. The standard InChI is InChI=1S/C21H22N6O4/c1-27-10-8-21(30,18(27)28)17-11-16(26-31-17)14-4-2-3-13(24-14)15-5-9-22-19(25-15)23-12-20(29)6-7-20/h2-5,9,11,29-30H,6-8,10,12H2,1H3,(H,22,23,25). The molecule has 3 aromatic rings. The average Bonchev–Trinajstić information content (AvgIpc) is 3.20. The van der Waals surface area contributed by atoms with Gasteiger partial charge in [0.2, 0.25) is 11.5 Å².